The van der Waals surface area contributed by atoms with Gasteiger partial charge < -0.3 is 9.72 Å². The molecule has 0 amide bonds. The van der Waals surface area contributed by atoms with Gasteiger partial charge in [0.15, 0.2) is 0 Å². The second-order valence-electron chi connectivity index (χ2n) is 4.43. The number of hydrogen-bond donors (Lipinski definition) is 2. The summed E-state index contributed by atoms with van der Waals surface area (Å²) in [7, 11) is -3.78. The number of sulfonamides is 1. The molecular formula is C14H16N2O4S. The molecule has 2 N–H and O–H groups in total. The Labute approximate surface area is 122 Å². The number of nitrogens with one attached hydrogen (secondary N) is 2. The second kappa shape index (κ2) is 6.01. The number of anilines is 1. The maximum absolute atomic E-state index is 12.3. The van der Waals surface area contributed by atoms with E-state index in [1.165, 1.54) is 6.07 Å². The molecule has 0 fully saturated rings. The van der Waals surface area contributed by atoms with E-state index in [9.17, 15) is 13.2 Å². The minimum absolute atomic E-state index is 0.0230. The molecule has 0 saturated heterocycles. The van der Waals surface area contributed by atoms with E-state index in [0.29, 0.717) is 18.0 Å². The van der Waals surface area contributed by atoms with Gasteiger partial charge in [0.25, 0.3) is 10.0 Å². The van der Waals surface area contributed by atoms with Gasteiger partial charge in [0.1, 0.15) is 10.6 Å². The highest BCUT2D eigenvalue weighted by Crippen LogP contribution is 2.27. The highest BCUT2D eigenvalue weighted by Gasteiger charge is 2.16. The Bertz CT molecular complexity index is 776. The van der Waals surface area contributed by atoms with Crippen LogP contribution in [0.3, 0.4) is 0 Å². The lowest BCUT2D eigenvalue weighted by atomic mass is 10.2. The van der Waals surface area contributed by atoms with Crippen molar-refractivity contribution in [3.05, 3.63) is 52.4 Å². The topological polar surface area (TPSA) is 88.3 Å². The van der Waals surface area contributed by atoms with E-state index in [4.69, 9.17) is 4.74 Å². The summed E-state index contributed by atoms with van der Waals surface area (Å²) in [6.45, 7) is 4.14. The molecule has 0 atom stereocenters. The summed E-state index contributed by atoms with van der Waals surface area (Å²) in [5, 5.41) is 0. The van der Waals surface area contributed by atoms with Gasteiger partial charge in [-0.1, -0.05) is 6.07 Å². The van der Waals surface area contributed by atoms with E-state index in [0.717, 1.165) is 17.8 Å². The van der Waals surface area contributed by atoms with Crippen molar-refractivity contribution in [3.8, 4) is 5.75 Å². The fourth-order valence-corrected chi connectivity index (χ4v) is 2.79. The number of rotatable bonds is 5. The molecular weight excluding hydrogens is 292 g/mol. The lowest BCUT2D eigenvalue weighted by Gasteiger charge is -2.13. The first-order valence-electron chi connectivity index (χ1n) is 6.37. The van der Waals surface area contributed by atoms with Crippen LogP contribution in [-0.4, -0.2) is 20.0 Å². The van der Waals surface area contributed by atoms with E-state index in [1.807, 2.05) is 13.8 Å². The van der Waals surface area contributed by atoms with Crippen LogP contribution in [0.4, 0.5) is 5.69 Å². The van der Waals surface area contributed by atoms with Crippen LogP contribution in [0.5, 0.6) is 5.75 Å². The highest BCUT2D eigenvalue weighted by atomic mass is 32.2. The molecule has 0 unspecified atom stereocenters. The number of pyridine rings is 1. The zero-order chi connectivity index (χ0) is 15.5. The van der Waals surface area contributed by atoms with Gasteiger partial charge >= 0.3 is 0 Å². The van der Waals surface area contributed by atoms with Crippen molar-refractivity contribution in [2.24, 2.45) is 0 Å². The molecule has 7 heteroatoms. The highest BCUT2D eigenvalue weighted by molar-refractivity contribution is 7.92. The van der Waals surface area contributed by atoms with E-state index >= 15 is 0 Å². The Hall–Kier alpha value is -2.28. The van der Waals surface area contributed by atoms with Crippen molar-refractivity contribution in [2.75, 3.05) is 11.3 Å². The second-order valence-corrected chi connectivity index (χ2v) is 6.11. The van der Waals surface area contributed by atoms with E-state index in [-0.39, 0.29) is 10.5 Å². The molecule has 112 valence electrons. The van der Waals surface area contributed by atoms with Crippen LogP contribution in [0.1, 0.15) is 12.5 Å². The molecule has 0 aliphatic rings. The van der Waals surface area contributed by atoms with Gasteiger partial charge in [-0.2, -0.15) is 0 Å². The first-order chi connectivity index (χ1) is 9.92. The van der Waals surface area contributed by atoms with Crippen LogP contribution in [0.2, 0.25) is 0 Å². The smallest absolute Gasteiger partial charge is 0.263 e. The minimum Gasteiger partial charge on any atom is -0.492 e. The largest absolute Gasteiger partial charge is 0.492 e. The molecule has 1 heterocycles. The van der Waals surface area contributed by atoms with Crippen molar-refractivity contribution < 1.29 is 13.2 Å². The molecule has 1 aromatic carbocycles. The van der Waals surface area contributed by atoms with Crippen molar-refractivity contribution in [1.82, 2.24) is 4.98 Å². The Kier molecular flexibility index (Phi) is 4.32. The van der Waals surface area contributed by atoms with Gasteiger partial charge in [0, 0.05) is 12.3 Å². The van der Waals surface area contributed by atoms with E-state index < -0.39 is 10.0 Å². The fourth-order valence-electron chi connectivity index (χ4n) is 1.76. The molecule has 2 aromatic rings. The molecule has 0 aliphatic heterocycles. The van der Waals surface area contributed by atoms with Gasteiger partial charge in [-0.3, -0.25) is 9.52 Å². The Morgan fingerprint density at radius 1 is 1.24 bits per heavy atom. The van der Waals surface area contributed by atoms with E-state index in [2.05, 4.69) is 9.71 Å². The lowest BCUT2D eigenvalue weighted by molar-refractivity contribution is 0.342. The Morgan fingerprint density at radius 2 is 2.00 bits per heavy atom. The molecule has 0 spiro atoms. The average Bonchev–Trinajstić information content (AvgIpc) is 2.42. The zero-order valence-corrected chi connectivity index (χ0v) is 12.5. The molecule has 6 nitrogen and oxygen atoms in total. The maximum atomic E-state index is 12.3. The quantitative estimate of drug-likeness (QED) is 0.882. The molecule has 0 saturated carbocycles. The van der Waals surface area contributed by atoms with Crippen molar-refractivity contribution in [1.29, 1.82) is 0 Å². The molecule has 0 aliphatic carbocycles. The first-order valence-corrected chi connectivity index (χ1v) is 7.85. The normalized spacial score (nSPS) is 11.1. The summed E-state index contributed by atoms with van der Waals surface area (Å²) in [5.74, 6) is 0.463. The fraction of sp³-hybridized carbons (Fsp3) is 0.214. The summed E-state index contributed by atoms with van der Waals surface area (Å²) in [4.78, 5) is 13.3. The van der Waals surface area contributed by atoms with Gasteiger partial charge in [-0.05, 0) is 37.6 Å². The third kappa shape index (κ3) is 3.63. The number of benzene rings is 1. The van der Waals surface area contributed by atoms with Crippen molar-refractivity contribution in [2.45, 2.75) is 18.7 Å². The molecule has 1 aromatic heterocycles. The summed E-state index contributed by atoms with van der Waals surface area (Å²) in [6.07, 6.45) is 1.15. The van der Waals surface area contributed by atoms with Crippen LogP contribution < -0.4 is 15.0 Å². The van der Waals surface area contributed by atoms with Gasteiger partial charge in [0.05, 0.1) is 12.3 Å². The number of ether oxygens (including phenoxy) is 1. The van der Waals surface area contributed by atoms with Crippen LogP contribution in [0, 0.1) is 6.92 Å². The maximum Gasteiger partial charge on any atom is 0.263 e. The molecule has 2 rings (SSSR count). The monoisotopic (exact) mass is 308 g/mol. The van der Waals surface area contributed by atoms with Gasteiger partial charge in [-0.15, -0.1) is 0 Å². The average molecular weight is 308 g/mol. The first kappa shape index (κ1) is 15.1. The minimum atomic E-state index is -3.78. The summed E-state index contributed by atoms with van der Waals surface area (Å²) in [5.41, 5.74) is 0.957. The number of aromatic amines is 1. The molecule has 0 bridgehead atoms. The van der Waals surface area contributed by atoms with Crippen LogP contribution >= 0.6 is 0 Å². The predicted molar refractivity (Wildman–Crippen MR) is 80.2 cm³/mol. The summed E-state index contributed by atoms with van der Waals surface area (Å²) < 4.78 is 32.4. The number of aromatic nitrogens is 1. The lowest BCUT2D eigenvalue weighted by Crippen LogP contribution is -2.16. The van der Waals surface area contributed by atoms with Crippen LogP contribution in [0.25, 0.3) is 0 Å². The standard InChI is InChI=1S/C14H16N2O4S/c1-3-20-13-8-10(2)4-6-12(13)16-21(18,19)11-5-7-14(17)15-9-11/h4-9,16H,3H2,1-2H3,(H,15,17). The third-order valence-electron chi connectivity index (χ3n) is 2.75. The van der Waals surface area contributed by atoms with Gasteiger partial charge in [0.2, 0.25) is 5.56 Å². The van der Waals surface area contributed by atoms with Crippen LogP contribution in [-0.2, 0) is 10.0 Å². The summed E-state index contributed by atoms with van der Waals surface area (Å²) >= 11 is 0. The van der Waals surface area contributed by atoms with Crippen molar-refractivity contribution >= 4 is 15.7 Å². The SMILES string of the molecule is CCOc1cc(C)ccc1NS(=O)(=O)c1ccc(=O)[nH]c1. The van der Waals surface area contributed by atoms with Crippen LogP contribution in [0.15, 0.2) is 46.2 Å². The van der Waals surface area contributed by atoms with Gasteiger partial charge in [-0.25, -0.2) is 8.42 Å². The van der Waals surface area contributed by atoms with E-state index in [1.54, 1.807) is 18.2 Å². The number of hydrogen-bond acceptors (Lipinski definition) is 4. The summed E-state index contributed by atoms with van der Waals surface area (Å²) in [6, 6.07) is 7.59. The Morgan fingerprint density at radius 3 is 2.62 bits per heavy atom. The third-order valence-corrected chi connectivity index (χ3v) is 4.11. The van der Waals surface area contributed by atoms with Crippen molar-refractivity contribution in [3.63, 3.8) is 0 Å². The molecule has 0 radical (unpaired) electrons. The molecule has 21 heavy (non-hydrogen) atoms. The predicted octanol–water partition coefficient (Wildman–Crippen LogP) is 1.88. The number of H-pyrrole nitrogens is 1. The zero-order valence-electron chi connectivity index (χ0n) is 11.7. The Balaban J connectivity index is 2.36. The number of aryl methyl sites for hydroxylation is 1.